The number of nitrogens with zero attached hydrogens (tertiary/aromatic N) is 4. The van der Waals surface area contributed by atoms with E-state index >= 15 is 0 Å². The molecule has 4 rings (SSSR count). The topological polar surface area (TPSA) is 121 Å². The Balaban J connectivity index is 1.49. The highest BCUT2D eigenvalue weighted by molar-refractivity contribution is 7.89. The average Bonchev–Trinajstić information content (AvgIpc) is 3.35. The third kappa shape index (κ3) is 4.36. The van der Waals surface area contributed by atoms with Crippen molar-refractivity contribution in [2.24, 2.45) is 0 Å². The zero-order valence-corrected chi connectivity index (χ0v) is 18.6. The van der Waals surface area contributed by atoms with Gasteiger partial charge in [0.15, 0.2) is 0 Å². The van der Waals surface area contributed by atoms with E-state index in [1.54, 1.807) is 19.9 Å². The second-order valence-electron chi connectivity index (χ2n) is 7.38. The summed E-state index contributed by atoms with van der Waals surface area (Å²) in [5.41, 5.74) is 1.27. The average molecular weight is 465 g/mol. The summed E-state index contributed by atoms with van der Waals surface area (Å²) in [5, 5.41) is 18.1. The summed E-state index contributed by atoms with van der Waals surface area (Å²) in [6, 6.07) is 5.57. The van der Waals surface area contributed by atoms with Gasteiger partial charge in [0.2, 0.25) is 15.0 Å². The van der Waals surface area contributed by atoms with E-state index in [1.807, 2.05) is 0 Å². The van der Waals surface area contributed by atoms with Crippen LogP contribution in [-0.2, 0) is 10.0 Å². The van der Waals surface area contributed by atoms with Crippen molar-refractivity contribution in [2.75, 3.05) is 18.4 Å². The van der Waals surface area contributed by atoms with E-state index in [9.17, 15) is 17.6 Å². The molecule has 0 saturated carbocycles. The second-order valence-corrected chi connectivity index (χ2v) is 10.3. The highest BCUT2D eigenvalue weighted by atomic mass is 32.2. The number of rotatable bonds is 5. The molecule has 2 aromatic heterocycles. The van der Waals surface area contributed by atoms with Gasteiger partial charge in [0.1, 0.15) is 15.7 Å². The van der Waals surface area contributed by atoms with Crippen LogP contribution >= 0.6 is 11.3 Å². The maximum Gasteiger partial charge on any atom is 0.286 e. The number of amides is 1. The van der Waals surface area contributed by atoms with Crippen LogP contribution in [-0.4, -0.2) is 52.1 Å². The monoisotopic (exact) mass is 464 g/mol. The van der Waals surface area contributed by atoms with E-state index in [4.69, 9.17) is 0 Å². The van der Waals surface area contributed by atoms with Crippen LogP contribution in [0.5, 0.6) is 0 Å². The molecule has 1 amide bonds. The molecular formula is C19H21FN6O3S2. The highest BCUT2D eigenvalue weighted by Crippen LogP contribution is 2.33. The van der Waals surface area contributed by atoms with Crippen molar-refractivity contribution in [3.63, 3.8) is 0 Å². The lowest BCUT2D eigenvalue weighted by Gasteiger charge is -2.30. The molecule has 0 aliphatic carbocycles. The van der Waals surface area contributed by atoms with Crippen LogP contribution < -0.4 is 5.32 Å². The number of H-pyrrole nitrogens is 1. The van der Waals surface area contributed by atoms with E-state index in [2.05, 4.69) is 25.7 Å². The van der Waals surface area contributed by atoms with E-state index < -0.39 is 21.7 Å². The lowest BCUT2D eigenvalue weighted by molar-refractivity contribution is 0.102. The molecule has 1 atom stereocenters. The molecular weight excluding hydrogens is 443 g/mol. The largest absolute Gasteiger partial charge is 0.320 e. The number of carbonyl (C=O) groups excluding carboxylic acids is 1. The van der Waals surface area contributed by atoms with Gasteiger partial charge < -0.3 is 5.32 Å². The number of sulfonamides is 1. The molecule has 0 radical (unpaired) electrons. The van der Waals surface area contributed by atoms with Gasteiger partial charge in [0, 0.05) is 24.7 Å². The van der Waals surface area contributed by atoms with Crippen molar-refractivity contribution in [1.29, 1.82) is 0 Å². The van der Waals surface area contributed by atoms with Crippen LogP contribution in [0.4, 0.5) is 10.1 Å². The SMILES string of the molecule is Cc1n[nH]c(C)c1S(=O)(=O)N1CCC[C@@H](c2nnc(C(=O)Nc3cccc(F)c3)s2)C1. The number of carbonyl (C=O) groups is 1. The molecule has 1 aromatic carbocycles. The summed E-state index contributed by atoms with van der Waals surface area (Å²) >= 11 is 1.12. The van der Waals surface area contributed by atoms with Gasteiger partial charge in [-0.2, -0.15) is 9.40 Å². The Bertz CT molecular complexity index is 1200. The molecule has 12 heteroatoms. The predicted molar refractivity (Wildman–Crippen MR) is 113 cm³/mol. The summed E-state index contributed by atoms with van der Waals surface area (Å²) in [4.78, 5) is 12.6. The van der Waals surface area contributed by atoms with Gasteiger partial charge in [0.05, 0.1) is 11.4 Å². The van der Waals surface area contributed by atoms with E-state index in [0.29, 0.717) is 35.0 Å². The fourth-order valence-corrected chi connectivity index (χ4v) is 6.37. The van der Waals surface area contributed by atoms with Crippen LogP contribution in [0.25, 0.3) is 0 Å². The Morgan fingerprint density at radius 3 is 2.84 bits per heavy atom. The summed E-state index contributed by atoms with van der Waals surface area (Å²) in [7, 11) is -3.69. The zero-order valence-electron chi connectivity index (χ0n) is 16.9. The Hall–Kier alpha value is -2.70. The minimum Gasteiger partial charge on any atom is -0.320 e. The molecule has 3 aromatic rings. The van der Waals surface area contributed by atoms with Crippen LogP contribution in [0.3, 0.4) is 0 Å². The van der Waals surface area contributed by atoms with Crippen molar-refractivity contribution in [3.8, 4) is 0 Å². The smallest absolute Gasteiger partial charge is 0.286 e. The van der Waals surface area contributed by atoms with Gasteiger partial charge in [-0.15, -0.1) is 10.2 Å². The maximum absolute atomic E-state index is 13.3. The lowest BCUT2D eigenvalue weighted by Crippen LogP contribution is -2.39. The number of aryl methyl sites for hydroxylation is 2. The molecule has 1 saturated heterocycles. The number of benzene rings is 1. The lowest BCUT2D eigenvalue weighted by atomic mass is 10.0. The number of hydrogen-bond donors (Lipinski definition) is 2. The minimum absolute atomic E-state index is 0.140. The number of anilines is 1. The molecule has 164 valence electrons. The predicted octanol–water partition coefficient (Wildman–Crippen LogP) is 2.84. The van der Waals surface area contributed by atoms with Crippen LogP contribution in [0, 0.1) is 19.7 Å². The van der Waals surface area contributed by atoms with E-state index in [0.717, 1.165) is 17.8 Å². The zero-order chi connectivity index (χ0) is 22.2. The van der Waals surface area contributed by atoms with Crippen LogP contribution in [0.1, 0.15) is 45.0 Å². The third-order valence-corrected chi connectivity index (χ3v) is 8.32. The summed E-state index contributed by atoms with van der Waals surface area (Å²) < 4.78 is 41.1. The first-order valence-corrected chi connectivity index (χ1v) is 11.9. The van der Waals surface area contributed by atoms with Gasteiger partial charge in [-0.3, -0.25) is 9.89 Å². The molecule has 9 nitrogen and oxygen atoms in total. The normalized spacial score (nSPS) is 17.6. The Labute approximate surface area is 182 Å². The maximum atomic E-state index is 13.3. The summed E-state index contributed by atoms with van der Waals surface area (Å²) in [5.74, 6) is -1.11. The molecule has 0 bridgehead atoms. The molecule has 1 fully saturated rings. The summed E-state index contributed by atoms with van der Waals surface area (Å²) in [6.07, 6.45) is 1.42. The van der Waals surface area contributed by atoms with Gasteiger partial charge in [-0.25, -0.2) is 12.8 Å². The summed E-state index contributed by atoms with van der Waals surface area (Å²) in [6.45, 7) is 4.01. The first kappa shape index (κ1) is 21.5. The Morgan fingerprint density at radius 1 is 1.32 bits per heavy atom. The molecule has 1 aliphatic heterocycles. The number of halogens is 1. The number of aromatic amines is 1. The van der Waals surface area contributed by atoms with Gasteiger partial charge in [0.25, 0.3) is 5.91 Å². The Morgan fingerprint density at radius 2 is 2.13 bits per heavy atom. The van der Waals surface area contributed by atoms with Gasteiger partial charge in [-0.1, -0.05) is 17.4 Å². The van der Waals surface area contributed by atoms with Crippen molar-refractivity contribution in [2.45, 2.75) is 37.5 Å². The number of piperidine rings is 1. The first-order chi connectivity index (χ1) is 14.8. The van der Waals surface area contributed by atoms with E-state index in [1.165, 1.54) is 22.5 Å². The van der Waals surface area contributed by atoms with Gasteiger partial charge >= 0.3 is 0 Å². The first-order valence-electron chi connectivity index (χ1n) is 9.67. The molecule has 3 heterocycles. The number of nitrogens with one attached hydrogen (secondary N) is 2. The van der Waals surface area contributed by atoms with Crippen molar-refractivity contribution in [1.82, 2.24) is 24.7 Å². The standard InChI is InChI=1S/C19H21FN6O3S2/c1-11-16(12(2)23-22-11)31(28,29)26-8-4-5-13(10-26)18-24-25-19(30-18)17(27)21-15-7-3-6-14(20)9-15/h3,6-7,9,13H,4-5,8,10H2,1-2H3,(H,21,27)(H,22,23)/t13-/m1/s1. The molecule has 0 spiro atoms. The fourth-order valence-electron chi connectivity index (χ4n) is 3.65. The second kappa shape index (κ2) is 8.44. The van der Waals surface area contributed by atoms with E-state index in [-0.39, 0.29) is 22.4 Å². The molecule has 0 unspecified atom stereocenters. The molecule has 2 N–H and O–H groups in total. The quantitative estimate of drug-likeness (QED) is 0.599. The Kier molecular flexibility index (Phi) is 5.86. The van der Waals surface area contributed by atoms with Gasteiger partial charge in [-0.05, 0) is 44.9 Å². The number of hydrogen-bond acceptors (Lipinski definition) is 7. The van der Waals surface area contributed by atoms with Crippen LogP contribution in [0.15, 0.2) is 29.2 Å². The van der Waals surface area contributed by atoms with Crippen molar-refractivity contribution < 1.29 is 17.6 Å². The third-order valence-electron chi connectivity index (χ3n) is 5.11. The van der Waals surface area contributed by atoms with Crippen molar-refractivity contribution >= 4 is 33.0 Å². The highest BCUT2D eigenvalue weighted by Gasteiger charge is 2.35. The molecule has 31 heavy (non-hydrogen) atoms. The van der Waals surface area contributed by atoms with Crippen LogP contribution in [0.2, 0.25) is 0 Å². The fraction of sp³-hybridized carbons (Fsp3) is 0.368. The number of aromatic nitrogens is 4. The molecule has 1 aliphatic rings. The minimum atomic E-state index is -3.69. The van der Waals surface area contributed by atoms with Crippen molar-refractivity contribution in [3.05, 3.63) is 51.5 Å².